The van der Waals surface area contributed by atoms with E-state index in [0.29, 0.717) is 5.92 Å². The molecule has 93 valence electrons. The lowest BCUT2D eigenvalue weighted by atomic mass is 9.95. The number of nitrogens with zero attached hydrogens (tertiary/aromatic N) is 1. The zero-order chi connectivity index (χ0) is 13.0. The summed E-state index contributed by atoms with van der Waals surface area (Å²) < 4.78 is 0. The van der Waals surface area contributed by atoms with Crippen LogP contribution in [0.3, 0.4) is 0 Å². The first-order valence-electron chi connectivity index (χ1n) is 5.66. The van der Waals surface area contributed by atoms with Gasteiger partial charge in [-0.15, -0.1) is 0 Å². The van der Waals surface area contributed by atoms with E-state index in [2.05, 4.69) is 20.8 Å². The van der Waals surface area contributed by atoms with Crippen LogP contribution in [0.25, 0.3) is 0 Å². The number of hydrogen-bond donors (Lipinski definition) is 1. The van der Waals surface area contributed by atoms with Gasteiger partial charge >= 0.3 is 0 Å². The van der Waals surface area contributed by atoms with Crippen molar-refractivity contribution in [1.29, 1.82) is 0 Å². The van der Waals surface area contributed by atoms with E-state index in [1.807, 2.05) is 6.07 Å². The topological polar surface area (TPSA) is 63.4 Å². The molecular weight excluding hydrogens is 218 g/mol. The maximum atomic E-state index is 10.8. The average Bonchev–Trinajstić information content (AvgIpc) is 2.26. The van der Waals surface area contributed by atoms with Crippen molar-refractivity contribution in [2.45, 2.75) is 26.2 Å². The Morgan fingerprint density at radius 2 is 2.06 bits per heavy atom. The number of benzene rings is 1. The van der Waals surface area contributed by atoms with Gasteiger partial charge in [-0.3, -0.25) is 10.1 Å². The second kappa shape index (κ2) is 5.77. The molecule has 0 aliphatic heterocycles. The van der Waals surface area contributed by atoms with Crippen LogP contribution in [0, 0.1) is 23.0 Å². The maximum Gasteiger partial charge on any atom is 0.269 e. The number of nitro groups is 1. The zero-order valence-electron chi connectivity index (χ0n) is 10.2. The van der Waals surface area contributed by atoms with Gasteiger partial charge in [0.15, 0.2) is 0 Å². The zero-order valence-corrected chi connectivity index (χ0v) is 10.2. The van der Waals surface area contributed by atoms with Crippen molar-refractivity contribution >= 4 is 5.69 Å². The van der Waals surface area contributed by atoms with Gasteiger partial charge < -0.3 is 5.11 Å². The molecule has 0 saturated heterocycles. The molecular formula is C13H18NO3. The lowest BCUT2D eigenvalue weighted by molar-refractivity contribution is -0.385. The van der Waals surface area contributed by atoms with Gasteiger partial charge in [-0.1, -0.05) is 19.9 Å². The first-order chi connectivity index (χ1) is 7.93. The minimum Gasteiger partial charge on any atom is -0.396 e. The van der Waals surface area contributed by atoms with Crippen molar-refractivity contribution in [3.05, 3.63) is 46.4 Å². The van der Waals surface area contributed by atoms with Crippen LogP contribution in [0.1, 0.15) is 30.9 Å². The summed E-state index contributed by atoms with van der Waals surface area (Å²) in [6, 6.07) is 4.96. The number of rotatable bonds is 5. The fourth-order valence-corrected chi connectivity index (χ4v) is 1.74. The van der Waals surface area contributed by atoms with E-state index < -0.39 is 4.92 Å². The van der Waals surface area contributed by atoms with Crippen LogP contribution in [-0.4, -0.2) is 16.6 Å². The summed E-state index contributed by atoms with van der Waals surface area (Å²) >= 11 is 0. The summed E-state index contributed by atoms with van der Waals surface area (Å²) in [6.07, 6.45) is 0.785. The highest BCUT2D eigenvalue weighted by atomic mass is 16.6. The normalized spacial score (nSPS) is 12.8. The lowest BCUT2D eigenvalue weighted by Crippen LogP contribution is -2.03. The molecule has 1 radical (unpaired) electrons. The molecule has 0 aliphatic rings. The van der Waals surface area contributed by atoms with Crippen molar-refractivity contribution in [2.24, 2.45) is 5.92 Å². The largest absolute Gasteiger partial charge is 0.396 e. The second-order valence-corrected chi connectivity index (χ2v) is 4.67. The monoisotopic (exact) mass is 236 g/mol. The van der Waals surface area contributed by atoms with Gasteiger partial charge in [0.1, 0.15) is 0 Å². The van der Waals surface area contributed by atoms with Crippen LogP contribution in [-0.2, 0) is 6.42 Å². The van der Waals surface area contributed by atoms with Crippen LogP contribution >= 0.6 is 0 Å². The Bertz CT molecular complexity index is 402. The molecule has 17 heavy (non-hydrogen) atoms. The molecule has 0 aliphatic carbocycles. The van der Waals surface area contributed by atoms with E-state index in [1.54, 1.807) is 6.07 Å². The van der Waals surface area contributed by atoms with Crippen LogP contribution in [0.2, 0.25) is 0 Å². The molecule has 0 bridgehead atoms. The third-order valence-electron chi connectivity index (χ3n) is 2.55. The minimum atomic E-state index is -0.405. The molecule has 4 nitrogen and oxygen atoms in total. The van der Waals surface area contributed by atoms with Crippen LogP contribution in [0.5, 0.6) is 0 Å². The fraction of sp³-hybridized carbons (Fsp3) is 0.462. The molecule has 0 amide bonds. The van der Waals surface area contributed by atoms with Crippen molar-refractivity contribution in [1.82, 2.24) is 0 Å². The van der Waals surface area contributed by atoms with Crippen LogP contribution in [0.15, 0.2) is 18.2 Å². The molecule has 0 heterocycles. The molecule has 1 rings (SSSR count). The Kier molecular flexibility index (Phi) is 4.63. The first-order valence-corrected chi connectivity index (χ1v) is 5.66. The van der Waals surface area contributed by atoms with Gasteiger partial charge in [0.05, 0.1) is 4.92 Å². The van der Waals surface area contributed by atoms with E-state index in [1.165, 1.54) is 6.07 Å². The molecule has 4 heteroatoms. The van der Waals surface area contributed by atoms with Gasteiger partial charge in [0.2, 0.25) is 0 Å². The van der Waals surface area contributed by atoms with E-state index >= 15 is 0 Å². The van der Waals surface area contributed by atoms with Gasteiger partial charge in [0.25, 0.3) is 5.69 Å². The summed E-state index contributed by atoms with van der Waals surface area (Å²) in [4.78, 5) is 10.4. The molecule has 1 unspecified atom stereocenters. The van der Waals surface area contributed by atoms with Crippen LogP contribution in [0.4, 0.5) is 5.69 Å². The van der Waals surface area contributed by atoms with Gasteiger partial charge in [-0.05, 0) is 30.4 Å². The smallest absolute Gasteiger partial charge is 0.269 e. The molecule has 0 spiro atoms. The van der Waals surface area contributed by atoms with Crippen LogP contribution < -0.4 is 0 Å². The number of aliphatic hydroxyl groups is 1. The summed E-state index contributed by atoms with van der Waals surface area (Å²) in [5, 5.41) is 19.9. The summed E-state index contributed by atoms with van der Waals surface area (Å²) in [7, 11) is 0. The highest BCUT2D eigenvalue weighted by Crippen LogP contribution is 2.24. The Balaban J connectivity index is 3.13. The number of aliphatic hydroxyl groups excluding tert-OH is 1. The van der Waals surface area contributed by atoms with Gasteiger partial charge in [0, 0.05) is 24.7 Å². The summed E-state index contributed by atoms with van der Waals surface area (Å²) in [6.45, 7) is 7.79. The van der Waals surface area contributed by atoms with Gasteiger partial charge in [-0.25, -0.2) is 0 Å². The Morgan fingerprint density at radius 1 is 1.41 bits per heavy atom. The summed E-state index contributed by atoms with van der Waals surface area (Å²) in [5.41, 5.74) is 1.71. The molecule has 0 saturated carbocycles. The van der Waals surface area contributed by atoms with Crippen molar-refractivity contribution in [2.75, 3.05) is 6.61 Å². The Morgan fingerprint density at radius 3 is 2.53 bits per heavy atom. The predicted molar refractivity (Wildman–Crippen MR) is 66.8 cm³/mol. The Hall–Kier alpha value is -1.42. The first kappa shape index (κ1) is 13.6. The predicted octanol–water partition coefficient (Wildman–Crippen LogP) is 2.70. The lowest BCUT2D eigenvalue weighted by Gasteiger charge is -2.11. The molecule has 1 aromatic carbocycles. The average molecular weight is 236 g/mol. The summed E-state index contributed by atoms with van der Waals surface area (Å²) in [5.74, 6) is 0.114. The molecule has 1 atom stereocenters. The quantitative estimate of drug-likeness (QED) is 0.631. The molecule has 1 N–H and O–H groups in total. The minimum absolute atomic E-state index is 0.0697. The third-order valence-corrected chi connectivity index (χ3v) is 2.55. The fourth-order valence-electron chi connectivity index (χ4n) is 1.74. The van der Waals surface area contributed by atoms with Crippen molar-refractivity contribution < 1.29 is 10.0 Å². The van der Waals surface area contributed by atoms with Crippen molar-refractivity contribution in [3.8, 4) is 0 Å². The number of non-ortho nitro benzene ring substituents is 1. The molecule has 1 aromatic rings. The molecule has 0 fully saturated rings. The second-order valence-electron chi connectivity index (χ2n) is 4.67. The van der Waals surface area contributed by atoms with Gasteiger partial charge in [-0.2, -0.15) is 0 Å². The van der Waals surface area contributed by atoms with E-state index in [9.17, 15) is 10.1 Å². The number of nitro benzene ring substituents is 1. The number of hydrogen-bond acceptors (Lipinski definition) is 3. The Labute approximate surface area is 101 Å². The van der Waals surface area contributed by atoms with E-state index in [4.69, 9.17) is 5.11 Å². The standard InChI is InChI=1S/C13H18NO3/c1-9(2)4-11-5-12(10(3)8-15)7-13(6-11)14(16)17/h5-7,9-10,15H,3-4,8H2,1-2H3. The van der Waals surface area contributed by atoms with E-state index in [0.717, 1.165) is 17.5 Å². The van der Waals surface area contributed by atoms with E-state index in [-0.39, 0.29) is 18.2 Å². The van der Waals surface area contributed by atoms with Crippen molar-refractivity contribution in [3.63, 3.8) is 0 Å². The SMILES string of the molecule is [CH2]C(CO)c1cc(CC(C)C)cc([N+](=O)[O-])c1. The third kappa shape index (κ3) is 3.82. The highest BCUT2D eigenvalue weighted by Gasteiger charge is 2.14. The highest BCUT2D eigenvalue weighted by molar-refractivity contribution is 5.41. The molecule has 0 aromatic heterocycles. The maximum absolute atomic E-state index is 10.8.